The normalized spacial score (nSPS) is 14.2. The number of rotatable bonds is 13. The monoisotopic (exact) mass is 478 g/mol. The molecule has 1 aliphatic carbocycles. The number of carbonyl (C=O) groups is 3. The average Bonchev–Trinajstić information content (AvgIpc) is 3.15. The summed E-state index contributed by atoms with van der Waals surface area (Å²) in [6.45, 7) is 6.73. The molecule has 3 N–H and O–H groups in total. The van der Waals surface area contributed by atoms with Gasteiger partial charge < -0.3 is 15.8 Å². The third kappa shape index (κ3) is 7.17. The lowest BCUT2D eigenvalue weighted by Gasteiger charge is -2.17. The first-order chi connectivity index (χ1) is 16.8. The van der Waals surface area contributed by atoms with Gasteiger partial charge >= 0.3 is 6.09 Å². The van der Waals surface area contributed by atoms with Crippen LogP contribution in [0.3, 0.4) is 0 Å². The Bertz CT molecular complexity index is 987. The highest BCUT2D eigenvalue weighted by atomic mass is 16.5. The molecule has 3 rings (SSSR count). The second-order valence-electron chi connectivity index (χ2n) is 10.0. The molecule has 1 aliphatic rings. The number of ether oxygens (including phenoxy) is 1. The number of nitrogens with two attached hydrogens (primary N) is 1. The van der Waals surface area contributed by atoms with Crippen molar-refractivity contribution in [1.29, 1.82) is 0 Å². The predicted molar refractivity (Wildman–Crippen MR) is 138 cm³/mol. The number of primary amides is 1. The molecule has 0 spiro atoms. The van der Waals surface area contributed by atoms with Crippen molar-refractivity contribution in [2.75, 3.05) is 13.2 Å². The maximum atomic E-state index is 12.5. The zero-order chi connectivity index (χ0) is 25.4. The summed E-state index contributed by atoms with van der Waals surface area (Å²) >= 11 is 0. The molecule has 0 radical (unpaired) electrons. The molecule has 2 aromatic rings. The zero-order valence-corrected chi connectivity index (χ0v) is 21.1. The maximum Gasteiger partial charge on any atom is 0.407 e. The minimum absolute atomic E-state index is 0.0416. The van der Waals surface area contributed by atoms with E-state index >= 15 is 0 Å². The first kappa shape index (κ1) is 26.5. The predicted octanol–water partition coefficient (Wildman–Crippen LogP) is 5.44. The molecular weight excluding hydrogens is 440 g/mol. The van der Waals surface area contributed by atoms with Crippen molar-refractivity contribution >= 4 is 17.8 Å². The lowest BCUT2D eigenvalue weighted by atomic mass is 9.87. The maximum absolute atomic E-state index is 12.5. The van der Waals surface area contributed by atoms with Crippen LogP contribution in [0.1, 0.15) is 69.9 Å². The van der Waals surface area contributed by atoms with Crippen LogP contribution in [0, 0.1) is 17.8 Å². The van der Waals surface area contributed by atoms with Crippen molar-refractivity contribution in [2.24, 2.45) is 23.5 Å². The fraction of sp³-hybridized carbons (Fsp3) is 0.483. The van der Waals surface area contributed by atoms with Crippen LogP contribution in [0.15, 0.2) is 48.5 Å². The Hall–Kier alpha value is -3.15. The number of nitrogens with one attached hydrogen (secondary N) is 1. The first-order valence-corrected chi connectivity index (χ1v) is 12.7. The fourth-order valence-electron chi connectivity index (χ4n) is 4.89. The van der Waals surface area contributed by atoms with E-state index in [2.05, 4.69) is 29.6 Å². The van der Waals surface area contributed by atoms with Crippen molar-refractivity contribution in [2.45, 2.75) is 58.8 Å². The van der Waals surface area contributed by atoms with Crippen LogP contribution in [-0.2, 0) is 14.3 Å². The molecule has 0 saturated carbocycles. The molecule has 188 valence electrons. The van der Waals surface area contributed by atoms with Crippen LogP contribution in [0.5, 0.6) is 0 Å². The lowest BCUT2D eigenvalue weighted by molar-refractivity contribution is -0.129. The highest BCUT2D eigenvalue weighted by Crippen LogP contribution is 2.44. The Kier molecular flexibility index (Phi) is 9.47. The Balaban J connectivity index is 1.36. The van der Waals surface area contributed by atoms with Gasteiger partial charge in [-0.1, -0.05) is 75.7 Å². The second-order valence-corrected chi connectivity index (χ2v) is 10.0. The van der Waals surface area contributed by atoms with Crippen LogP contribution in [0.25, 0.3) is 11.1 Å². The zero-order valence-electron chi connectivity index (χ0n) is 21.1. The number of hydrogen-bond donors (Lipinski definition) is 2. The Labute approximate surface area is 208 Å². The van der Waals surface area contributed by atoms with Gasteiger partial charge in [-0.25, -0.2) is 4.79 Å². The van der Waals surface area contributed by atoms with Crippen molar-refractivity contribution in [3.05, 3.63) is 59.7 Å². The van der Waals surface area contributed by atoms with Crippen molar-refractivity contribution < 1.29 is 19.1 Å². The van der Waals surface area contributed by atoms with E-state index in [0.29, 0.717) is 25.5 Å². The van der Waals surface area contributed by atoms with E-state index in [-0.39, 0.29) is 30.0 Å². The molecule has 35 heavy (non-hydrogen) atoms. The summed E-state index contributed by atoms with van der Waals surface area (Å²) in [7, 11) is 0. The molecule has 2 aromatic carbocycles. The van der Waals surface area contributed by atoms with Crippen LogP contribution < -0.4 is 11.1 Å². The topological polar surface area (TPSA) is 98.5 Å². The van der Waals surface area contributed by atoms with Crippen LogP contribution >= 0.6 is 0 Å². The van der Waals surface area contributed by atoms with Crippen LogP contribution in [-0.4, -0.2) is 30.9 Å². The number of benzene rings is 2. The summed E-state index contributed by atoms with van der Waals surface area (Å²) < 4.78 is 5.56. The van der Waals surface area contributed by atoms with Gasteiger partial charge in [-0.3, -0.25) is 9.59 Å². The van der Waals surface area contributed by atoms with Crippen molar-refractivity contribution in [1.82, 2.24) is 5.32 Å². The van der Waals surface area contributed by atoms with E-state index in [1.54, 1.807) is 0 Å². The third-order valence-corrected chi connectivity index (χ3v) is 6.83. The third-order valence-electron chi connectivity index (χ3n) is 6.83. The number of alkyl carbamates (subject to hydrolysis) is 1. The summed E-state index contributed by atoms with van der Waals surface area (Å²) in [6, 6.07) is 16.5. The SMILES string of the molecule is CC(C)C[C@H](CC(=O)[C@@H](C)CCCCNC(=O)OCC1c2ccccc2-c2ccccc21)C(N)=O. The summed E-state index contributed by atoms with van der Waals surface area (Å²) in [4.78, 5) is 36.4. The van der Waals surface area contributed by atoms with Crippen LogP contribution in [0.2, 0.25) is 0 Å². The summed E-state index contributed by atoms with van der Waals surface area (Å²) in [6.07, 6.45) is 2.71. The summed E-state index contributed by atoms with van der Waals surface area (Å²) in [5, 5.41) is 2.82. The molecule has 0 bridgehead atoms. The number of amides is 2. The summed E-state index contributed by atoms with van der Waals surface area (Å²) in [5.74, 6) is -0.469. The molecule has 0 aliphatic heterocycles. The fourth-order valence-corrected chi connectivity index (χ4v) is 4.89. The van der Waals surface area contributed by atoms with Gasteiger partial charge in [-0.15, -0.1) is 0 Å². The van der Waals surface area contributed by atoms with Gasteiger partial charge in [0.15, 0.2) is 0 Å². The highest BCUT2D eigenvalue weighted by molar-refractivity contribution is 5.87. The van der Waals surface area contributed by atoms with Gasteiger partial charge in [0.05, 0.1) is 0 Å². The second kappa shape index (κ2) is 12.5. The van der Waals surface area contributed by atoms with Crippen molar-refractivity contribution in [3.8, 4) is 11.1 Å². The molecule has 6 nitrogen and oxygen atoms in total. The van der Waals surface area contributed by atoms with E-state index in [9.17, 15) is 14.4 Å². The Morgan fingerprint density at radius 2 is 1.54 bits per heavy atom. The number of hydrogen-bond acceptors (Lipinski definition) is 4. The number of carbonyl (C=O) groups excluding carboxylic acids is 3. The smallest absolute Gasteiger partial charge is 0.407 e. The number of ketones is 1. The van der Waals surface area contributed by atoms with E-state index < -0.39 is 12.0 Å². The van der Waals surface area contributed by atoms with Gasteiger partial charge in [0.2, 0.25) is 5.91 Å². The largest absolute Gasteiger partial charge is 0.449 e. The number of unbranched alkanes of at least 4 members (excludes halogenated alkanes) is 1. The standard InChI is InChI=1S/C29H38N2O4/c1-19(2)16-21(28(30)33)17-27(32)20(3)10-8-9-15-31-29(34)35-18-26-24-13-6-4-11-22(24)23-12-5-7-14-25(23)26/h4-7,11-14,19-21,26H,8-10,15-18H2,1-3H3,(H2,30,33)(H,31,34)/t20-,21+/m0/s1. The number of Topliss-reactive ketones (excluding diaryl/α,β-unsaturated/α-hetero) is 1. The highest BCUT2D eigenvalue weighted by Gasteiger charge is 2.29. The van der Waals surface area contributed by atoms with E-state index in [1.807, 2.05) is 45.0 Å². The number of fused-ring (bicyclic) bond motifs is 3. The average molecular weight is 479 g/mol. The molecule has 2 amide bonds. The molecule has 0 saturated heterocycles. The quantitative estimate of drug-likeness (QED) is 0.375. The molecule has 6 heteroatoms. The molecule has 0 aromatic heterocycles. The Morgan fingerprint density at radius 3 is 2.11 bits per heavy atom. The molecular formula is C29H38N2O4. The molecule has 0 heterocycles. The van der Waals surface area contributed by atoms with E-state index in [1.165, 1.54) is 22.3 Å². The molecule has 0 unspecified atom stereocenters. The van der Waals surface area contributed by atoms with Gasteiger partial charge in [0.1, 0.15) is 12.4 Å². The lowest BCUT2D eigenvalue weighted by Crippen LogP contribution is -2.29. The van der Waals surface area contributed by atoms with Gasteiger partial charge in [-0.05, 0) is 47.4 Å². The van der Waals surface area contributed by atoms with Crippen molar-refractivity contribution in [3.63, 3.8) is 0 Å². The molecule has 2 atom stereocenters. The minimum atomic E-state index is -0.422. The van der Waals surface area contributed by atoms with Gasteiger partial charge in [0.25, 0.3) is 0 Å². The van der Waals surface area contributed by atoms with Gasteiger partial charge in [-0.2, -0.15) is 0 Å². The van der Waals surface area contributed by atoms with E-state index in [4.69, 9.17) is 10.5 Å². The summed E-state index contributed by atoms with van der Waals surface area (Å²) in [5.41, 5.74) is 10.2. The Morgan fingerprint density at radius 1 is 0.943 bits per heavy atom. The van der Waals surface area contributed by atoms with Crippen LogP contribution in [0.4, 0.5) is 4.79 Å². The first-order valence-electron chi connectivity index (χ1n) is 12.7. The molecule has 0 fully saturated rings. The minimum Gasteiger partial charge on any atom is -0.449 e. The van der Waals surface area contributed by atoms with Gasteiger partial charge in [0, 0.05) is 30.7 Å². The van der Waals surface area contributed by atoms with E-state index in [0.717, 1.165) is 19.3 Å².